The highest BCUT2D eigenvalue weighted by Crippen LogP contribution is 2.28. The second-order valence-electron chi connectivity index (χ2n) is 5.01. The molecule has 1 aromatic carbocycles. The Morgan fingerprint density at radius 3 is 2.62 bits per heavy atom. The van der Waals surface area contributed by atoms with E-state index in [4.69, 9.17) is 14.6 Å². The molecule has 21 heavy (non-hydrogen) atoms. The first-order valence-electron chi connectivity index (χ1n) is 6.93. The third-order valence-corrected chi connectivity index (χ3v) is 3.49. The minimum absolute atomic E-state index is 0.106. The first-order valence-corrected chi connectivity index (χ1v) is 6.93. The van der Waals surface area contributed by atoms with E-state index in [2.05, 4.69) is 5.32 Å². The molecule has 6 heteroatoms. The summed E-state index contributed by atoms with van der Waals surface area (Å²) in [6.45, 7) is -0.112. The number of carbonyl (C=O) groups excluding carboxylic acids is 1. The molecule has 0 spiro atoms. The largest absolute Gasteiger partial charge is 0.493 e. The lowest BCUT2D eigenvalue weighted by Crippen LogP contribution is -2.36. The van der Waals surface area contributed by atoms with E-state index in [1.807, 2.05) is 0 Å². The Labute approximate surface area is 123 Å². The van der Waals surface area contributed by atoms with E-state index in [-0.39, 0.29) is 24.1 Å². The first kappa shape index (κ1) is 15.2. The summed E-state index contributed by atoms with van der Waals surface area (Å²) in [7, 11) is 1.42. The van der Waals surface area contributed by atoms with Gasteiger partial charge in [0.15, 0.2) is 18.1 Å². The molecule has 1 aliphatic carbocycles. The summed E-state index contributed by atoms with van der Waals surface area (Å²) in [5.41, 5.74) is 0.106. The molecule has 2 N–H and O–H groups in total. The van der Waals surface area contributed by atoms with Crippen LogP contribution in [-0.2, 0) is 4.79 Å². The number of nitrogens with one attached hydrogen (secondary N) is 1. The summed E-state index contributed by atoms with van der Waals surface area (Å²) < 4.78 is 10.5. The van der Waals surface area contributed by atoms with Crippen LogP contribution in [0.3, 0.4) is 0 Å². The van der Waals surface area contributed by atoms with Crippen LogP contribution in [0.1, 0.15) is 36.0 Å². The molecule has 0 bridgehead atoms. The van der Waals surface area contributed by atoms with Crippen molar-refractivity contribution in [3.05, 3.63) is 23.8 Å². The van der Waals surface area contributed by atoms with Crippen LogP contribution in [0.25, 0.3) is 0 Å². The molecule has 1 aliphatic rings. The van der Waals surface area contributed by atoms with Gasteiger partial charge >= 0.3 is 5.97 Å². The third-order valence-electron chi connectivity index (χ3n) is 3.49. The second kappa shape index (κ2) is 6.97. The van der Waals surface area contributed by atoms with Crippen LogP contribution in [0.5, 0.6) is 11.5 Å². The van der Waals surface area contributed by atoms with Crippen molar-refractivity contribution in [2.24, 2.45) is 0 Å². The molecule has 114 valence electrons. The van der Waals surface area contributed by atoms with Crippen molar-refractivity contribution in [3.8, 4) is 11.5 Å². The van der Waals surface area contributed by atoms with Gasteiger partial charge in [0, 0.05) is 6.04 Å². The smallest absolute Gasteiger partial charge is 0.335 e. The lowest BCUT2D eigenvalue weighted by atomic mass is 10.2. The second-order valence-corrected chi connectivity index (χ2v) is 5.01. The molecule has 1 saturated carbocycles. The molecule has 0 aromatic heterocycles. The van der Waals surface area contributed by atoms with Gasteiger partial charge in [-0.2, -0.15) is 0 Å². The maximum atomic E-state index is 11.8. The summed E-state index contributed by atoms with van der Waals surface area (Å²) in [4.78, 5) is 22.7. The number of carboxylic acids is 1. The Morgan fingerprint density at radius 1 is 1.29 bits per heavy atom. The number of hydrogen-bond acceptors (Lipinski definition) is 4. The van der Waals surface area contributed by atoms with Crippen LogP contribution in [0.15, 0.2) is 18.2 Å². The molecule has 0 atom stereocenters. The number of aromatic carboxylic acids is 1. The van der Waals surface area contributed by atoms with E-state index in [1.165, 1.54) is 25.3 Å². The van der Waals surface area contributed by atoms with E-state index < -0.39 is 5.97 Å². The maximum Gasteiger partial charge on any atom is 0.335 e. The van der Waals surface area contributed by atoms with Crippen LogP contribution >= 0.6 is 0 Å². The van der Waals surface area contributed by atoms with Crippen molar-refractivity contribution in [2.45, 2.75) is 31.7 Å². The third kappa shape index (κ3) is 4.11. The monoisotopic (exact) mass is 293 g/mol. The van der Waals surface area contributed by atoms with Gasteiger partial charge < -0.3 is 19.9 Å². The lowest BCUT2D eigenvalue weighted by Gasteiger charge is -2.14. The number of amides is 1. The fraction of sp³-hybridized carbons (Fsp3) is 0.467. The normalized spacial score (nSPS) is 14.7. The van der Waals surface area contributed by atoms with Crippen LogP contribution in [0, 0.1) is 0 Å². The number of hydrogen-bond donors (Lipinski definition) is 2. The average molecular weight is 293 g/mol. The molecule has 1 aromatic rings. The molecular weight excluding hydrogens is 274 g/mol. The van der Waals surface area contributed by atoms with Gasteiger partial charge in [-0.15, -0.1) is 0 Å². The molecule has 0 heterocycles. The molecule has 1 fully saturated rings. The van der Waals surface area contributed by atoms with Crippen molar-refractivity contribution in [1.82, 2.24) is 5.32 Å². The van der Waals surface area contributed by atoms with Crippen LogP contribution < -0.4 is 14.8 Å². The molecule has 6 nitrogen and oxygen atoms in total. The molecule has 0 radical (unpaired) electrons. The van der Waals surface area contributed by atoms with Gasteiger partial charge in [0.1, 0.15) is 0 Å². The predicted molar refractivity (Wildman–Crippen MR) is 75.8 cm³/mol. The Kier molecular flexibility index (Phi) is 5.03. The van der Waals surface area contributed by atoms with E-state index in [0.29, 0.717) is 11.5 Å². The van der Waals surface area contributed by atoms with E-state index in [0.717, 1.165) is 25.7 Å². The zero-order chi connectivity index (χ0) is 15.2. The summed E-state index contributed by atoms with van der Waals surface area (Å²) >= 11 is 0. The van der Waals surface area contributed by atoms with Gasteiger partial charge in [-0.3, -0.25) is 4.79 Å². The number of rotatable bonds is 6. The van der Waals surface area contributed by atoms with Crippen LogP contribution in [0.2, 0.25) is 0 Å². The minimum Gasteiger partial charge on any atom is -0.493 e. The summed E-state index contributed by atoms with van der Waals surface area (Å²) in [6.07, 6.45) is 4.33. The first-order chi connectivity index (χ1) is 10.1. The van der Waals surface area contributed by atoms with Crippen LogP contribution in [-0.4, -0.2) is 36.7 Å². The Balaban J connectivity index is 1.92. The highest BCUT2D eigenvalue weighted by atomic mass is 16.5. The average Bonchev–Trinajstić information content (AvgIpc) is 2.97. The summed E-state index contributed by atoms with van der Waals surface area (Å²) in [5, 5.41) is 11.8. The fourth-order valence-corrected chi connectivity index (χ4v) is 2.40. The van der Waals surface area contributed by atoms with Crippen molar-refractivity contribution in [2.75, 3.05) is 13.7 Å². The summed E-state index contributed by atoms with van der Waals surface area (Å²) in [6, 6.07) is 4.52. The minimum atomic E-state index is -1.04. The van der Waals surface area contributed by atoms with Gasteiger partial charge in [-0.05, 0) is 31.0 Å². The zero-order valence-electron chi connectivity index (χ0n) is 11.9. The summed E-state index contributed by atoms with van der Waals surface area (Å²) in [5.74, 6) is -0.572. The number of methoxy groups -OCH3 is 1. The highest BCUT2D eigenvalue weighted by Gasteiger charge is 2.18. The number of carboxylic acid groups (broad SMARTS) is 1. The van der Waals surface area contributed by atoms with Gasteiger partial charge in [0.25, 0.3) is 5.91 Å². The van der Waals surface area contributed by atoms with E-state index >= 15 is 0 Å². The number of ether oxygens (including phenoxy) is 2. The molecule has 0 saturated heterocycles. The fourth-order valence-electron chi connectivity index (χ4n) is 2.40. The van der Waals surface area contributed by atoms with Crippen molar-refractivity contribution in [1.29, 1.82) is 0 Å². The maximum absolute atomic E-state index is 11.8. The van der Waals surface area contributed by atoms with Crippen molar-refractivity contribution in [3.63, 3.8) is 0 Å². The van der Waals surface area contributed by atoms with Crippen molar-refractivity contribution < 1.29 is 24.2 Å². The Hall–Kier alpha value is -2.24. The quantitative estimate of drug-likeness (QED) is 0.836. The van der Waals surface area contributed by atoms with E-state index in [1.54, 1.807) is 0 Å². The van der Waals surface area contributed by atoms with Gasteiger partial charge in [-0.25, -0.2) is 4.79 Å². The lowest BCUT2D eigenvalue weighted by molar-refractivity contribution is -0.123. The Morgan fingerprint density at radius 2 is 2.00 bits per heavy atom. The SMILES string of the molecule is COc1cc(C(=O)O)ccc1OCC(=O)NC1CCCC1. The topological polar surface area (TPSA) is 84.9 Å². The van der Waals surface area contributed by atoms with Gasteiger partial charge in [0.2, 0.25) is 0 Å². The zero-order valence-corrected chi connectivity index (χ0v) is 11.9. The van der Waals surface area contributed by atoms with Crippen LogP contribution in [0.4, 0.5) is 0 Å². The standard InChI is InChI=1S/C15H19NO5/c1-20-13-8-10(15(18)19)6-7-12(13)21-9-14(17)16-11-4-2-3-5-11/h6-8,11H,2-5,9H2,1H3,(H,16,17)(H,18,19). The Bertz CT molecular complexity index is 523. The number of benzene rings is 1. The molecule has 2 rings (SSSR count). The van der Waals surface area contributed by atoms with Gasteiger partial charge in [-0.1, -0.05) is 12.8 Å². The number of carbonyl (C=O) groups is 2. The molecule has 0 aliphatic heterocycles. The van der Waals surface area contributed by atoms with Gasteiger partial charge in [0.05, 0.1) is 12.7 Å². The molecular formula is C15H19NO5. The predicted octanol–water partition coefficient (Wildman–Crippen LogP) is 1.83. The highest BCUT2D eigenvalue weighted by molar-refractivity contribution is 5.88. The van der Waals surface area contributed by atoms with Crippen molar-refractivity contribution >= 4 is 11.9 Å². The molecule has 1 amide bonds. The molecule has 0 unspecified atom stereocenters. The van der Waals surface area contributed by atoms with E-state index in [9.17, 15) is 9.59 Å².